The summed E-state index contributed by atoms with van der Waals surface area (Å²) in [7, 11) is 0. The Bertz CT molecular complexity index is 1370. The molecule has 2 fully saturated rings. The number of carbonyl (C=O) groups is 2. The largest absolute Gasteiger partial charge is 0.433 e. The van der Waals surface area contributed by atoms with E-state index in [1.165, 1.54) is 0 Å². The van der Waals surface area contributed by atoms with Gasteiger partial charge in [-0.15, -0.1) is 0 Å². The number of nitrogens with one attached hydrogen (secondary N) is 2. The molecule has 12 heteroatoms. The molecule has 0 atom stereocenters. The highest BCUT2D eigenvalue weighted by Gasteiger charge is 2.33. The number of aromatic nitrogens is 3. The summed E-state index contributed by atoms with van der Waals surface area (Å²) >= 11 is 0.840. The molecule has 2 aromatic heterocycles. The first-order valence-electron chi connectivity index (χ1n) is 11.8. The van der Waals surface area contributed by atoms with E-state index in [-0.39, 0.29) is 0 Å². The van der Waals surface area contributed by atoms with Crippen LogP contribution in [0.3, 0.4) is 0 Å². The van der Waals surface area contributed by atoms with Crippen molar-refractivity contribution in [3.63, 3.8) is 0 Å². The Kier molecular flexibility index (Phi) is 7.11. The second kappa shape index (κ2) is 10.5. The SMILES string of the molecule is O=C1NC(=O)/C(=C/c2ccnc(N3CCC(CNCc4cc(C(F)(F)F)nc5ccccc45)CC3)n2)S1. The smallest absolute Gasteiger partial charge is 0.341 e. The zero-order valence-electron chi connectivity index (χ0n) is 19.6. The van der Waals surface area contributed by atoms with Crippen molar-refractivity contribution in [2.45, 2.75) is 25.6 Å². The van der Waals surface area contributed by atoms with E-state index >= 15 is 0 Å². The van der Waals surface area contributed by atoms with E-state index in [2.05, 4.69) is 30.5 Å². The van der Waals surface area contributed by atoms with Crippen molar-refractivity contribution < 1.29 is 22.8 Å². The maximum Gasteiger partial charge on any atom is 0.433 e. The first-order chi connectivity index (χ1) is 17.8. The van der Waals surface area contributed by atoms with Gasteiger partial charge in [0.15, 0.2) is 0 Å². The second-order valence-corrected chi connectivity index (χ2v) is 9.89. The van der Waals surface area contributed by atoms with Crippen molar-refractivity contribution in [1.82, 2.24) is 25.6 Å². The van der Waals surface area contributed by atoms with Gasteiger partial charge in [-0.25, -0.2) is 15.0 Å². The monoisotopic (exact) mass is 528 g/mol. The van der Waals surface area contributed by atoms with Gasteiger partial charge >= 0.3 is 6.18 Å². The molecule has 37 heavy (non-hydrogen) atoms. The van der Waals surface area contributed by atoms with Crippen molar-refractivity contribution in [2.75, 3.05) is 24.5 Å². The number of nitrogens with zero attached hydrogens (tertiary/aromatic N) is 4. The van der Waals surface area contributed by atoms with Gasteiger partial charge in [-0.3, -0.25) is 14.9 Å². The standard InChI is InChI=1S/C25H23F3N6O2S/c26-25(27,28)21-11-16(18-3-1-2-4-19(18)32-21)14-29-13-15-6-9-34(10-7-15)23-30-8-5-17(31-23)12-20-22(35)33-24(36)37-20/h1-5,8,11-12,15,29H,6-7,9-10,13-14H2,(H,33,35,36)/b20-12-. The number of fused-ring (bicyclic) bond motifs is 1. The Labute approximate surface area is 214 Å². The lowest BCUT2D eigenvalue weighted by Crippen LogP contribution is -2.38. The molecule has 0 aliphatic carbocycles. The van der Waals surface area contributed by atoms with Crippen LogP contribution in [0.25, 0.3) is 17.0 Å². The zero-order chi connectivity index (χ0) is 26.0. The molecule has 1 aromatic carbocycles. The molecule has 2 N–H and O–H groups in total. The first-order valence-corrected chi connectivity index (χ1v) is 12.6. The molecule has 4 heterocycles. The lowest BCUT2D eigenvalue weighted by Gasteiger charge is -2.32. The van der Waals surface area contributed by atoms with Crippen molar-refractivity contribution >= 4 is 45.8 Å². The van der Waals surface area contributed by atoms with Crippen LogP contribution in [0.15, 0.2) is 47.5 Å². The number of thioether (sulfide) groups is 1. The van der Waals surface area contributed by atoms with E-state index in [0.717, 1.165) is 43.8 Å². The highest BCUT2D eigenvalue weighted by atomic mass is 32.2. The van der Waals surface area contributed by atoms with Crippen molar-refractivity contribution in [2.24, 2.45) is 5.92 Å². The molecule has 0 radical (unpaired) electrons. The summed E-state index contributed by atoms with van der Waals surface area (Å²) in [6.45, 7) is 2.46. The molecule has 192 valence electrons. The third-order valence-corrected chi connectivity index (χ3v) is 7.13. The molecule has 0 saturated carbocycles. The minimum Gasteiger partial charge on any atom is -0.341 e. The maximum atomic E-state index is 13.3. The number of imide groups is 1. The van der Waals surface area contributed by atoms with Gasteiger partial charge < -0.3 is 10.2 Å². The van der Waals surface area contributed by atoms with E-state index in [1.807, 2.05) is 0 Å². The van der Waals surface area contributed by atoms with Gasteiger partial charge in [-0.1, -0.05) is 18.2 Å². The van der Waals surface area contributed by atoms with Crippen molar-refractivity contribution in [1.29, 1.82) is 0 Å². The van der Waals surface area contributed by atoms with E-state index < -0.39 is 23.0 Å². The summed E-state index contributed by atoms with van der Waals surface area (Å²) < 4.78 is 39.9. The fourth-order valence-electron chi connectivity index (χ4n) is 4.44. The van der Waals surface area contributed by atoms with E-state index in [4.69, 9.17) is 0 Å². The molecule has 2 saturated heterocycles. The molecule has 2 aliphatic heterocycles. The molecule has 0 bridgehead atoms. The fraction of sp³-hybridized carbons (Fsp3) is 0.320. The number of hydrogen-bond acceptors (Lipinski definition) is 8. The van der Waals surface area contributed by atoms with Crippen LogP contribution in [-0.4, -0.2) is 45.7 Å². The Morgan fingerprint density at radius 1 is 1.14 bits per heavy atom. The number of alkyl halides is 3. The van der Waals surface area contributed by atoms with Crippen LogP contribution in [0, 0.1) is 5.92 Å². The highest BCUT2D eigenvalue weighted by molar-refractivity contribution is 8.18. The van der Waals surface area contributed by atoms with Crippen LogP contribution < -0.4 is 15.5 Å². The molecule has 5 rings (SSSR count). The molecule has 2 amide bonds. The van der Waals surface area contributed by atoms with E-state index in [0.29, 0.717) is 52.0 Å². The van der Waals surface area contributed by atoms with Crippen molar-refractivity contribution in [3.8, 4) is 0 Å². The van der Waals surface area contributed by atoms with Crippen LogP contribution in [0.5, 0.6) is 0 Å². The normalized spacial score (nSPS) is 18.1. The van der Waals surface area contributed by atoms with E-state index in [9.17, 15) is 22.8 Å². The van der Waals surface area contributed by atoms with Crippen molar-refractivity contribution in [3.05, 3.63) is 64.5 Å². The number of anilines is 1. The number of para-hydroxylation sites is 1. The summed E-state index contributed by atoms with van der Waals surface area (Å²) in [4.78, 5) is 38.2. The zero-order valence-corrected chi connectivity index (χ0v) is 20.4. The third kappa shape index (κ3) is 5.91. The maximum absolute atomic E-state index is 13.3. The van der Waals surface area contributed by atoms with Gasteiger partial charge in [0, 0.05) is 31.2 Å². The Balaban J connectivity index is 1.17. The fourth-order valence-corrected chi connectivity index (χ4v) is 5.10. The van der Waals surface area contributed by atoms with Gasteiger partial charge in [-0.2, -0.15) is 13.2 Å². The topological polar surface area (TPSA) is 100 Å². The van der Waals surface area contributed by atoms with Gasteiger partial charge in [-0.05, 0) is 66.9 Å². The molecule has 8 nitrogen and oxygen atoms in total. The number of hydrogen-bond donors (Lipinski definition) is 2. The first kappa shape index (κ1) is 25.2. The highest BCUT2D eigenvalue weighted by Crippen LogP contribution is 2.31. The Hall–Kier alpha value is -3.51. The summed E-state index contributed by atoms with van der Waals surface area (Å²) in [6, 6.07) is 9.67. The van der Waals surface area contributed by atoms with Crippen LogP contribution in [0.4, 0.5) is 23.9 Å². The average molecular weight is 529 g/mol. The lowest BCUT2D eigenvalue weighted by molar-refractivity contribution is -0.141. The van der Waals surface area contributed by atoms with Gasteiger partial charge in [0.1, 0.15) is 5.69 Å². The Morgan fingerprint density at radius 3 is 2.65 bits per heavy atom. The summed E-state index contributed by atoms with van der Waals surface area (Å²) in [6.07, 6.45) is 0.440. The minimum atomic E-state index is -4.50. The number of carbonyl (C=O) groups excluding carboxylic acids is 2. The molecule has 2 aliphatic rings. The molecule has 3 aromatic rings. The van der Waals surface area contributed by atoms with Crippen LogP contribution >= 0.6 is 11.8 Å². The number of rotatable bonds is 6. The average Bonchev–Trinajstić information content (AvgIpc) is 3.20. The second-order valence-electron chi connectivity index (χ2n) is 8.88. The number of amides is 2. The van der Waals surface area contributed by atoms with Gasteiger partial charge in [0.2, 0.25) is 5.95 Å². The summed E-state index contributed by atoms with van der Waals surface area (Å²) in [5.74, 6) is 0.484. The van der Waals surface area contributed by atoms with Crippen LogP contribution in [-0.2, 0) is 17.5 Å². The quantitative estimate of drug-likeness (QED) is 0.455. The Morgan fingerprint density at radius 2 is 1.92 bits per heavy atom. The van der Waals surface area contributed by atoms with Gasteiger partial charge in [0.05, 0.1) is 16.1 Å². The minimum absolute atomic E-state index is 0.295. The number of piperidine rings is 1. The third-order valence-electron chi connectivity index (χ3n) is 6.32. The molecule has 0 unspecified atom stereocenters. The summed E-state index contributed by atoms with van der Waals surface area (Å²) in [5, 5.41) is 5.86. The number of benzene rings is 1. The predicted octanol–water partition coefficient (Wildman–Crippen LogP) is 4.37. The number of halogens is 3. The molecular weight excluding hydrogens is 505 g/mol. The summed E-state index contributed by atoms with van der Waals surface area (Å²) in [5.41, 5.74) is 0.571. The van der Waals surface area contributed by atoms with Gasteiger partial charge in [0.25, 0.3) is 11.1 Å². The van der Waals surface area contributed by atoms with Crippen LogP contribution in [0.1, 0.15) is 29.8 Å². The molecule has 0 spiro atoms. The van der Waals surface area contributed by atoms with Crippen LogP contribution in [0.2, 0.25) is 0 Å². The number of pyridine rings is 1. The van der Waals surface area contributed by atoms with E-state index in [1.54, 1.807) is 42.6 Å². The lowest BCUT2D eigenvalue weighted by atomic mass is 9.97. The molecular formula is C25H23F3N6O2S. The predicted molar refractivity (Wildman–Crippen MR) is 135 cm³/mol.